The molecule has 3 rings (SSSR count). The van der Waals surface area contributed by atoms with Crippen LogP contribution in [0.25, 0.3) is 10.9 Å². The summed E-state index contributed by atoms with van der Waals surface area (Å²) in [6, 6.07) is 9.37. The molecule has 0 bridgehead atoms. The van der Waals surface area contributed by atoms with Crippen LogP contribution in [0.5, 0.6) is 0 Å². The van der Waals surface area contributed by atoms with Crippen LogP contribution in [-0.2, 0) is 4.79 Å². The van der Waals surface area contributed by atoms with Crippen molar-refractivity contribution in [1.29, 1.82) is 0 Å². The van der Waals surface area contributed by atoms with Crippen molar-refractivity contribution >= 4 is 22.6 Å². The lowest BCUT2D eigenvalue weighted by Gasteiger charge is -2.38. The molecule has 2 heterocycles. The van der Waals surface area contributed by atoms with Crippen LogP contribution >= 0.6 is 0 Å². The van der Waals surface area contributed by atoms with Gasteiger partial charge in [0.25, 0.3) is 0 Å². The van der Waals surface area contributed by atoms with Crippen molar-refractivity contribution in [2.45, 2.75) is 25.8 Å². The standard InChI is InChI=1S/C16H18N2O2/c1-11-7-9-18(15(10-11)16(19)20)14-6-8-17-13-5-3-2-4-12(13)14/h2-6,8,11,15H,7,9-10H2,1H3,(H,19,20). The van der Waals surface area contributed by atoms with Gasteiger partial charge < -0.3 is 10.0 Å². The van der Waals surface area contributed by atoms with Gasteiger partial charge in [-0.2, -0.15) is 0 Å². The average molecular weight is 270 g/mol. The Kier molecular flexibility index (Phi) is 3.30. The Morgan fingerprint density at radius 2 is 2.15 bits per heavy atom. The van der Waals surface area contributed by atoms with Crippen LogP contribution in [0.15, 0.2) is 36.5 Å². The Labute approximate surface area is 118 Å². The van der Waals surface area contributed by atoms with Gasteiger partial charge in [0, 0.05) is 23.8 Å². The smallest absolute Gasteiger partial charge is 0.326 e. The van der Waals surface area contributed by atoms with Crippen molar-refractivity contribution in [2.24, 2.45) is 5.92 Å². The normalized spacial score (nSPS) is 22.9. The minimum absolute atomic E-state index is 0.440. The molecule has 4 heteroatoms. The lowest BCUT2D eigenvalue weighted by molar-refractivity contribution is -0.139. The number of rotatable bonds is 2. The number of pyridine rings is 1. The minimum Gasteiger partial charge on any atom is -0.480 e. The second-order valence-corrected chi connectivity index (χ2v) is 5.52. The third-order valence-corrected chi connectivity index (χ3v) is 4.09. The number of para-hydroxylation sites is 1. The average Bonchev–Trinajstić information content (AvgIpc) is 2.46. The van der Waals surface area contributed by atoms with Crippen LogP contribution in [-0.4, -0.2) is 28.6 Å². The van der Waals surface area contributed by atoms with Crippen molar-refractivity contribution in [3.63, 3.8) is 0 Å². The molecule has 1 N–H and O–H groups in total. The van der Waals surface area contributed by atoms with Gasteiger partial charge in [0.05, 0.1) is 5.52 Å². The molecule has 0 radical (unpaired) electrons. The number of aliphatic carboxylic acids is 1. The van der Waals surface area contributed by atoms with Gasteiger partial charge in [-0.05, 0) is 30.9 Å². The summed E-state index contributed by atoms with van der Waals surface area (Å²) < 4.78 is 0. The Morgan fingerprint density at radius 1 is 1.35 bits per heavy atom. The monoisotopic (exact) mass is 270 g/mol. The SMILES string of the molecule is CC1CCN(c2ccnc3ccccc23)C(C(=O)O)C1. The fraction of sp³-hybridized carbons (Fsp3) is 0.375. The Morgan fingerprint density at radius 3 is 2.95 bits per heavy atom. The molecule has 0 spiro atoms. The molecule has 1 aromatic carbocycles. The molecule has 0 aliphatic carbocycles. The molecule has 1 saturated heterocycles. The number of nitrogens with zero attached hydrogens (tertiary/aromatic N) is 2. The molecule has 1 fully saturated rings. The van der Waals surface area contributed by atoms with E-state index < -0.39 is 12.0 Å². The van der Waals surface area contributed by atoms with Gasteiger partial charge >= 0.3 is 5.97 Å². The number of benzene rings is 1. The summed E-state index contributed by atoms with van der Waals surface area (Å²) in [5.41, 5.74) is 1.89. The summed E-state index contributed by atoms with van der Waals surface area (Å²) in [5.74, 6) is -0.280. The Balaban J connectivity index is 2.07. The van der Waals surface area contributed by atoms with Gasteiger partial charge in [0.1, 0.15) is 6.04 Å². The highest BCUT2D eigenvalue weighted by Gasteiger charge is 2.32. The number of carboxylic acids is 1. The number of hydrogen-bond acceptors (Lipinski definition) is 3. The zero-order valence-corrected chi connectivity index (χ0v) is 11.5. The van der Waals surface area contributed by atoms with E-state index in [-0.39, 0.29) is 0 Å². The summed E-state index contributed by atoms with van der Waals surface area (Å²) in [6.07, 6.45) is 3.49. The van der Waals surface area contributed by atoms with Crippen molar-refractivity contribution in [3.8, 4) is 0 Å². The molecule has 20 heavy (non-hydrogen) atoms. The minimum atomic E-state index is -0.738. The maximum absolute atomic E-state index is 11.6. The number of carbonyl (C=O) groups is 1. The fourth-order valence-electron chi connectivity index (χ4n) is 3.00. The Hall–Kier alpha value is -2.10. The van der Waals surface area contributed by atoms with Crippen LogP contribution in [0.2, 0.25) is 0 Å². The highest BCUT2D eigenvalue weighted by atomic mass is 16.4. The van der Waals surface area contributed by atoms with E-state index in [1.807, 2.05) is 35.2 Å². The van der Waals surface area contributed by atoms with Crippen LogP contribution < -0.4 is 4.90 Å². The first-order valence-corrected chi connectivity index (χ1v) is 7.00. The highest BCUT2D eigenvalue weighted by molar-refractivity contribution is 5.93. The van der Waals surface area contributed by atoms with E-state index in [0.29, 0.717) is 12.3 Å². The maximum atomic E-state index is 11.6. The lowest BCUT2D eigenvalue weighted by atomic mass is 9.91. The zero-order valence-electron chi connectivity index (χ0n) is 11.5. The molecule has 2 unspecified atom stereocenters. The van der Waals surface area contributed by atoms with E-state index in [4.69, 9.17) is 0 Å². The van der Waals surface area contributed by atoms with Crippen molar-refractivity contribution in [1.82, 2.24) is 4.98 Å². The van der Waals surface area contributed by atoms with Crippen LogP contribution in [0.1, 0.15) is 19.8 Å². The predicted octanol–water partition coefficient (Wildman–Crippen LogP) is 2.92. The predicted molar refractivity (Wildman–Crippen MR) is 78.9 cm³/mol. The maximum Gasteiger partial charge on any atom is 0.326 e. The van der Waals surface area contributed by atoms with E-state index in [9.17, 15) is 9.90 Å². The van der Waals surface area contributed by atoms with Gasteiger partial charge in [-0.1, -0.05) is 25.1 Å². The quantitative estimate of drug-likeness (QED) is 0.911. The fourth-order valence-corrected chi connectivity index (χ4v) is 3.00. The summed E-state index contributed by atoms with van der Waals surface area (Å²) in [7, 11) is 0. The van der Waals surface area contributed by atoms with E-state index in [2.05, 4.69) is 11.9 Å². The number of aromatic nitrogens is 1. The Bertz CT molecular complexity index is 636. The van der Waals surface area contributed by atoms with E-state index in [1.165, 1.54) is 0 Å². The topological polar surface area (TPSA) is 53.4 Å². The summed E-state index contributed by atoms with van der Waals surface area (Å²) in [6.45, 7) is 2.91. The molecular weight excluding hydrogens is 252 g/mol. The molecular formula is C16H18N2O2. The molecule has 1 aromatic heterocycles. The third-order valence-electron chi connectivity index (χ3n) is 4.09. The summed E-state index contributed by atoms with van der Waals surface area (Å²) in [4.78, 5) is 17.9. The van der Waals surface area contributed by atoms with E-state index >= 15 is 0 Å². The molecule has 2 atom stereocenters. The van der Waals surface area contributed by atoms with Gasteiger partial charge in [-0.25, -0.2) is 4.79 Å². The molecule has 0 saturated carbocycles. The molecule has 104 valence electrons. The second kappa shape index (κ2) is 5.12. The zero-order chi connectivity index (χ0) is 14.1. The first-order chi connectivity index (χ1) is 9.66. The van der Waals surface area contributed by atoms with Crippen LogP contribution in [0.3, 0.4) is 0 Å². The van der Waals surface area contributed by atoms with Crippen LogP contribution in [0, 0.1) is 5.92 Å². The van der Waals surface area contributed by atoms with Crippen molar-refractivity contribution in [2.75, 3.05) is 11.4 Å². The molecule has 4 nitrogen and oxygen atoms in total. The first kappa shape index (κ1) is 12.9. The third kappa shape index (κ3) is 2.22. The molecule has 1 aliphatic rings. The van der Waals surface area contributed by atoms with Gasteiger partial charge in [0.15, 0.2) is 0 Å². The lowest BCUT2D eigenvalue weighted by Crippen LogP contribution is -2.47. The first-order valence-electron chi connectivity index (χ1n) is 7.00. The van der Waals surface area contributed by atoms with Gasteiger partial charge in [-0.15, -0.1) is 0 Å². The van der Waals surface area contributed by atoms with Crippen molar-refractivity contribution in [3.05, 3.63) is 36.5 Å². The van der Waals surface area contributed by atoms with Gasteiger partial charge in [0.2, 0.25) is 0 Å². The van der Waals surface area contributed by atoms with E-state index in [1.54, 1.807) is 6.20 Å². The number of anilines is 1. The summed E-state index contributed by atoms with van der Waals surface area (Å²) in [5, 5.41) is 10.5. The molecule has 2 aromatic rings. The molecule has 1 aliphatic heterocycles. The van der Waals surface area contributed by atoms with Crippen molar-refractivity contribution < 1.29 is 9.90 Å². The van der Waals surface area contributed by atoms with Crippen LogP contribution in [0.4, 0.5) is 5.69 Å². The largest absolute Gasteiger partial charge is 0.480 e. The highest BCUT2D eigenvalue weighted by Crippen LogP contribution is 2.32. The molecule has 0 amide bonds. The second-order valence-electron chi connectivity index (χ2n) is 5.52. The van der Waals surface area contributed by atoms with E-state index in [0.717, 1.165) is 29.6 Å². The number of fused-ring (bicyclic) bond motifs is 1. The number of hydrogen-bond donors (Lipinski definition) is 1. The number of piperidine rings is 1. The van der Waals surface area contributed by atoms with Gasteiger partial charge in [-0.3, -0.25) is 4.98 Å². The number of carboxylic acid groups (broad SMARTS) is 1. The summed E-state index contributed by atoms with van der Waals surface area (Å²) >= 11 is 0.